The van der Waals surface area contributed by atoms with Crippen LogP contribution in [-0.2, 0) is 32.0 Å². The molecule has 208 valence electrons. The summed E-state index contributed by atoms with van der Waals surface area (Å²) in [6, 6.07) is 9.57. The van der Waals surface area contributed by atoms with Crippen molar-refractivity contribution < 1.29 is 24.0 Å². The largest absolute Gasteiger partial charge is 0.351 e. The highest BCUT2D eigenvalue weighted by atomic mass is 35.5. The van der Waals surface area contributed by atoms with E-state index in [-0.39, 0.29) is 30.2 Å². The predicted octanol–water partition coefficient (Wildman–Crippen LogP) is 3.55. The number of amides is 4. The van der Waals surface area contributed by atoms with Crippen LogP contribution < -0.4 is 10.6 Å². The number of nitrogens with one attached hydrogen (secondary N) is 2. The highest BCUT2D eigenvalue weighted by Crippen LogP contribution is 2.26. The van der Waals surface area contributed by atoms with Crippen LogP contribution in [-0.4, -0.2) is 59.3 Å². The number of Topliss-reactive ketones (excluding diaryl/α,β-unsaturated/α-hetero) is 1. The molecular formula is C30H31ClN4O5. The van der Waals surface area contributed by atoms with Gasteiger partial charge >= 0.3 is 0 Å². The number of piperidine rings is 1. The second-order valence-corrected chi connectivity index (χ2v) is 10.6. The number of ketones is 1. The average molecular weight is 563 g/mol. The Kier molecular flexibility index (Phi) is 8.54. The summed E-state index contributed by atoms with van der Waals surface area (Å²) in [6.45, 7) is 5.62. The Morgan fingerprint density at radius 1 is 1.15 bits per heavy atom. The van der Waals surface area contributed by atoms with Gasteiger partial charge in [0.2, 0.25) is 5.91 Å². The second kappa shape index (κ2) is 11.9. The Bertz CT molecular complexity index is 1460. The van der Waals surface area contributed by atoms with Gasteiger partial charge in [-0.3, -0.25) is 28.9 Å². The lowest BCUT2D eigenvalue weighted by Crippen LogP contribution is -2.52. The van der Waals surface area contributed by atoms with Gasteiger partial charge in [0.25, 0.3) is 17.7 Å². The van der Waals surface area contributed by atoms with E-state index in [1.165, 1.54) is 4.90 Å². The molecule has 0 saturated carbocycles. The Labute approximate surface area is 237 Å². The van der Waals surface area contributed by atoms with E-state index in [1.54, 1.807) is 38.4 Å². The minimum Gasteiger partial charge on any atom is -0.351 e. The first-order valence-corrected chi connectivity index (χ1v) is 13.3. The van der Waals surface area contributed by atoms with Gasteiger partial charge in [0, 0.05) is 55.0 Å². The van der Waals surface area contributed by atoms with E-state index in [2.05, 4.69) is 17.2 Å². The zero-order valence-corrected chi connectivity index (χ0v) is 23.4. The van der Waals surface area contributed by atoms with Crippen LogP contribution in [0.4, 0.5) is 5.69 Å². The number of hydrogen-bond donors (Lipinski definition) is 2. The number of benzene rings is 2. The Hall–Kier alpha value is -4.24. The first-order valence-electron chi connectivity index (χ1n) is 12.9. The van der Waals surface area contributed by atoms with E-state index in [9.17, 15) is 24.0 Å². The predicted molar refractivity (Wildman–Crippen MR) is 152 cm³/mol. The van der Waals surface area contributed by atoms with Crippen molar-refractivity contribution in [2.45, 2.75) is 45.1 Å². The molecule has 1 atom stereocenters. The van der Waals surface area contributed by atoms with Crippen molar-refractivity contribution in [1.82, 2.24) is 15.1 Å². The summed E-state index contributed by atoms with van der Waals surface area (Å²) in [6.07, 6.45) is 2.64. The van der Waals surface area contributed by atoms with Gasteiger partial charge < -0.3 is 15.5 Å². The van der Waals surface area contributed by atoms with E-state index < -0.39 is 23.8 Å². The highest BCUT2D eigenvalue weighted by Gasteiger charge is 2.41. The molecule has 2 aliphatic rings. The summed E-state index contributed by atoms with van der Waals surface area (Å²) in [4.78, 5) is 66.2. The SMILES string of the molecule is C=C1CCC(N2C(=O)C=C(Nc3ccc(C(=O)N(C)C)c(CCC(=O)Cc4ccc(C)c(Cl)c4)c3)C2=O)C(=O)N1. The molecule has 4 amide bonds. The normalized spacial score (nSPS) is 17.1. The summed E-state index contributed by atoms with van der Waals surface area (Å²) >= 11 is 6.19. The molecule has 0 aromatic heterocycles. The molecule has 0 radical (unpaired) electrons. The zero-order chi connectivity index (χ0) is 29.1. The first-order chi connectivity index (χ1) is 18.9. The fourth-order valence-electron chi connectivity index (χ4n) is 4.70. The Morgan fingerprint density at radius 3 is 2.58 bits per heavy atom. The molecule has 0 bridgehead atoms. The van der Waals surface area contributed by atoms with Crippen LogP contribution in [0.3, 0.4) is 0 Å². The number of carbonyl (C=O) groups is 5. The smallest absolute Gasteiger partial charge is 0.278 e. The quantitative estimate of drug-likeness (QED) is 0.452. The molecule has 2 heterocycles. The van der Waals surface area contributed by atoms with Crippen molar-refractivity contribution in [2.24, 2.45) is 0 Å². The zero-order valence-electron chi connectivity index (χ0n) is 22.7. The van der Waals surface area contributed by atoms with E-state index in [0.29, 0.717) is 46.8 Å². The molecule has 40 heavy (non-hydrogen) atoms. The lowest BCUT2D eigenvalue weighted by Gasteiger charge is -2.29. The van der Waals surface area contributed by atoms with E-state index >= 15 is 0 Å². The van der Waals surface area contributed by atoms with Gasteiger partial charge in [0.05, 0.1) is 0 Å². The van der Waals surface area contributed by atoms with Crippen LogP contribution in [0, 0.1) is 6.92 Å². The second-order valence-electron chi connectivity index (χ2n) is 10.2. The number of halogens is 1. The number of aryl methyl sites for hydroxylation is 2. The summed E-state index contributed by atoms with van der Waals surface area (Å²) in [5, 5.41) is 6.16. The summed E-state index contributed by atoms with van der Waals surface area (Å²) < 4.78 is 0. The maximum atomic E-state index is 13.1. The molecule has 4 rings (SSSR count). The van der Waals surface area contributed by atoms with Crippen LogP contribution in [0.5, 0.6) is 0 Å². The molecule has 2 aliphatic heterocycles. The molecule has 9 nitrogen and oxygen atoms in total. The molecule has 10 heteroatoms. The third-order valence-corrected chi connectivity index (χ3v) is 7.33. The van der Waals surface area contributed by atoms with Gasteiger partial charge in [-0.2, -0.15) is 0 Å². The third kappa shape index (κ3) is 6.31. The Morgan fingerprint density at radius 2 is 1.90 bits per heavy atom. The fraction of sp³-hybridized carbons (Fsp3) is 0.300. The van der Waals surface area contributed by atoms with Crippen molar-refractivity contribution in [3.63, 3.8) is 0 Å². The van der Waals surface area contributed by atoms with E-state index in [0.717, 1.165) is 22.1 Å². The van der Waals surface area contributed by atoms with E-state index in [1.807, 2.05) is 19.1 Å². The number of carbonyl (C=O) groups excluding carboxylic acids is 5. The molecule has 2 aromatic carbocycles. The van der Waals surface area contributed by atoms with E-state index in [4.69, 9.17) is 11.6 Å². The lowest BCUT2D eigenvalue weighted by molar-refractivity contribution is -0.146. The minimum absolute atomic E-state index is 0.00936. The van der Waals surface area contributed by atoms with Crippen molar-refractivity contribution in [3.05, 3.63) is 87.7 Å². The Balaban J connectivity index is 1.50. The van der Waals surface area contributed by atoms with Crippen LogP contribution in [0.25, 0.3) is 0 Å². The van der Waals surface area contributed by atoms with Gasteiger partial charge in [0.15, 0.2) is 0 Å². The van der Waals surface area contributed by atoms with Gasteiger partial charge in [-0.05, 0) is 67.1 Å². The number of allylic oxidation sites excluding steroid dienone is 1. The standard InChI is InChI=1S/C30H31ClN4O5/c1-17-5-7-19(14-24(17)31)13-22(36)10-8-20-15-21(9-11-23(20)29(39)34(3)4)33-25-16-27(37)35(30(25)40)26-12-6-18(2)32-28(26)38/h5,7,9,11,14-16,26,33H,2,6,8,10,12-13H2,1,3-4H3,(H,32,38). The number of anilines is 1. The molecule has 2 aromatic rings. The third-order valence-electron chi connectivity index (χ3n) is 6.92. The number of nitrogens with zero attached hydrogens (tertiary/aromatic N) is 2. The van der Waals surface area contributed by atoms with Crippen LogP contribution >= 0.6 is 11.6 Å². The average Bonchev–Trinajstić information content (AvgIpc) is 3.17. The summed E-state index contributed by atoms with van der Waals surface area (Å²) in [5.41, 5.74) is 3.85. The van der Waals surface area contributed by atoms with Gasteiger partial charge in [-0.1, -0.05) is 30.3 Å². The molecule has 0 spiro atoms. The molecule has 2 N–H and O–H groups in total. The van der Waals surface area contributed by atoms with Crippen LogP contribution in [0.1, 0.15) is 46.3 Å². The maximum absolute atomic E-state index is 13.1. The minimum atomic E-state index is -0.911. The lowest BCUT2D eigenvalue weighted by atomic mass is 9.97. The van der Waals surface area contributed by atoms with Gasteiger partial charge in [-0.15, -0.1) is 0 Å². The molecule has 1 fully saturated rings. The maximum Gasteiger partial charge on any atom is 0.278 e. The molecule has 1 unspecified atom stereocenters. The van der Waals surface area contributed by atoms with Crippen LogP contribution in [0.2, 0.25) is 5.02 Å². The molecule has 1 saturated heterocycles. The number of hydrogen-bond acceptors (Lipinski definition) is 6. The summed E-state index contributed by atoms with van der Waals surface area (Å²) in [5.74, 6) is -1.87. The topological polar surface area (TPSA) is 116 Å². The number of imide groups is 1. The van der Waals surface area contributed by atoms with Crippen molar-refractivity contribution in [1.29, 1.82) is 0 Å². The number of rotatable bonds is 9. The van der Waals surface area contributed by atoms with Crippen molar-refractivity contribution in [2.75, 3.05) is 19.4 Å². The molecular weight excluding hydrogens is 532 g/mol. The fourth-order valence-corrected chi connectivity index (χ4v) is 4.90. The molecule has 0 aliphatic carbocycles. The summed E-state index contributed by atoms with van der Waals surface area (Å²) in [7, 11) is 3.28. The van der Waals surface area contributed by atoms with Crippen molar-refractivity contribution >= 4 is 46.7 Å². The van der Waals surface area contributed by atoms with Gasteiger partial charge in [0.1, 0.15) is 17.5 Å². The van der Waals surface area contributed by atoms with Crippen LogP contribution in [0.15, 0.2) is 60.4 Å². The highest BCUT2D eigenvalue weighted by molar-refractivity contribution is 6.31. The first kappa shape index (κ1) is 28.8. The van der Waals surface area contributed by atoms with Gasteiger partial charge in [-0.25, -0.2) is 0 Å². The van der Waals surface area contributed by atoms with Crippen molar-refractivity contribution in [3.8, 4) is 0 Å². The monoisotopic (exact) mass is 562 g/mol.